The van der Waals surface area contributed by atoms with Crippen LogP contribution in [0.15, 0.2) is 103 Å². The van der Waals surface area contributed by atoms with Crippen molar-refractivity contribution >= 4 is 40.3 Å². The third kappa shape index (κ3) is 7.07. The Hall–Kier alpha value is -4.16. The molecule has 0 unspecified atom stereocenters. The number of hydrogen-bond acceptors (Lipinski definition) is 3. The zero-order valence-corrected chi connectivity index (χ0v) is 24.5. The van der Waals surface area contributed by atoms with Crippen molar-refractivity contribution in [2.45, 2.75) is 32.7 Å². The van der Waals surface area contributed by atoms with Crippen LogP contribution in [0.2, 0.25) is 0 Å². The standard InChI is InChI=1S/C34H38N4OS/c1-5-25-18-13-19-26(6-2)32(25)36-31(39)24-38(34(40)35-29-20-22-30(23-21-29)37(3)4)33(27-14-9-7-10-15-27)28-16-11-8-12-17-28/h7-23,33H,5-6,24H2,1-4H3,(H,35,40)(H,36,39). The van der Waals surface area contributed by atoms with Crippen LogP contribution in [-0.4, -0.2) is 36.6 Å². The molecular formula is C34H38N4OS. The smallest absolute Gasteiger partial charge is 0.244 e. The maximum Gasteiger partial charge on any atom is 0.244 e. The molecule has 0 heterocycles. The molecule has 0 saturated carbocycles. The highest BCUT2D eigenvalue weighted by molar-refractivity contribution is 7.80. The quantitative estimate of drug-likeness (QED) is 0.203. The minimum Gasteiger partial charge on any atom is -0.378 e. The Labute approximate surface area is 243 Å². The van der Waals surface area contributed by atoms with Crippen LogP contribution in [0, 0.1) is 0 Å². The molecule has 0 aromatic heterocycles. The van der Waals surface area contributed by atoms with E-state index in [1.165, 1.54) is 0 Å². The van der Waals surface area contributed by atoms with Gasteiger partial charge in [-0.2, -0.15) is 0 Å². The van der Waals surface area contributed by atoms with Crippen molar-refractivity contribution in [1.82, 2.24) is 4.90 Å². The Morgan fingerprint density at radius 3 is 1.73 bits per heavy atom. The number of thiocarbonyl (C=S) groups is 1. The molecule has 2 N–H and O–H groups in total. The first kappa shape index (κ1) is 28.8. The molecule has 0 fully saturated rings. The Kier molecular flexibility index (Phi) is 9.92. The molecular weight excluding hydrogens is 512 g/mol. The molecule has 1 amide bonds. The van der Waals surface area contributed by atoms with Gasteiger partial charge in [-0.3, -0.25) is 4.79 Å². The molecule has 6 heteroatoms. The summed E-state index contributed by atoms with van der Waals surface area (Å²) < 4.78 is 0. The van der Waals surface area contributed by atoms with E-state index in [1.807, 2.05) is 79.7 Å². The fourth-order valence-electron chi connectivity index (χ4n) is 4.88. The molecule has 5 nitrogen and oxygen atoms in total. The summed E-state index contributed by atoms with van der Waals surface area (Å²) in [6.45, 7) is 4.30. The van der Waals surface area contributed by atoms with Crippen LogP contribution in [-0.2, 0) is 17.6 Å². The van der Waals surface area contributed by atoms with Crippen molar-refractivity contribution in [1.29, 1.82) is 0 Å². The van der Waals surface area contributed by atoms with Gasteiger partial charge in [0.1, 0.15) is 6.54 Å². The lowest BCUT2D eigenvalue weighted by Gasteiger charge is -2.34. The van der Waals surface area contributed by atoms with Gasteiger partial charge in [0.05, 0.1) is 6.04 Å². The zero-order chi connectivity index (χ0) is 28.5. The van der Waals surface area contributed by atoms with Gasteiger partial charge in [-0.05, 0) is 71.6 Å². The molecule has 0 atom stereocenters. The van der Waals surface area contributed by atoms with Gasteiger partial charge in [-0.25, -0.2) is 0 Å². The number of amides is 1. The summed E-state index contributed by atoms with van der Waals surface area (Å²) in [6, 6.07) is 34.4. The fraction of sp³-hybridized carbons (Fsp3) is 0.235. The van der Waals surface area contributed by atoms with Gasteiger partial charge < -0.3 is 20.4 Å². The average molecular weight is 551 g/mol. The number of nitrogens with one attached hydrogen (secondary N) is 2. The maximum absolute atomic E-state index is 13.8. The molecule has 0 radical (unpaired) electrons. The molecule has 0 saturated heterocycles. The van der Waals surface area contributed by atoms with Gasteiger partial charge in [0.2, 0.25) is 5.91 Å². The summed E-state index contributed by atoms with van der Waals surface area (Å²) in [7, 11) is 4.02. The van der Waals surface area contributed by atoms with E-state index in [-0.39, 0.29) is 18.5 Å². The Morgan fingerprint density at radius 1 is 0.725 bits per heavy atom. The Morgan fingerprint density at radius 2 is 1.25 bits per heavy atom. The summed E-state index contributed by atoms with van der Waals surface area (Å²) in [4.78, 5) is 17.8. The molecule has 0 aliphatic rings. The minimum atomic E-state index is -0.263. The summed E-state index contributed by atoms with van der Waals surface area (Å²) in [5, 5.41) is 7.11. The van der Waals surface area contributed by atoms with Crippen molar-refractivity contribution in [3.63, 3.8) is 0 Å². The van der Waals surface area contributed by atoms with E-state index in [4.69, 9.17) is 12.2 Å². The summed E-state index contributed by atoms with van der Waals surface area (Å²) in [5.74, 6) is -0.112. The molecule has 4 aromatic rings. The van der Waals surface area contributed by atoms with Crippen LogP contribution in [0.3, 0.4) is 0 Å². The van der Waals surface area contributed by atoms with Crippen molar-refractivity contribution < 1.29 is 4.79 Å². The second-order valence-corrected chi connectivity index (χ2v) is 10.3. The lowest BCUT2D eigenvalue weighted by molar-refractivity contribution is -0.116. The first-order valence-electron chi connectivity index (χ1n) is 13.8. The van der Waals surface area contributed by atoms with Gasteiger partial charge in [0.15, 0.2) is 5.11 Å². The summed E-state index contributed by atoms with van der Waals surface area (Å²) in [6.07, 6.45) is 1.68. The van der Waals surface area contributed by atoms with Gasteiger partial charge in [-0.15, -0.1) is 0 Å². The van der Waals surface area contributed by atoms with Crippen molar-refractivity contribution in [3.05, 3.63) is 125 Å². The van der Waals surface area contributed by atoms with E-state index in [0.717, 1.165) is 52.2 Å². The second-order valence-electron chi connectivity index (χ2n) is 9.93. The topological polar surface area (TPSA) is 47.6 Å². The molecule has 0 spiro atoms. The molecule has 0 bridgehead atoms. The first-order valence-corrected chi connectivity index (χ1v) is 14.2. The fourth-order valence-corrected chi connectivity index (χ4v) is 5.17. The van der Waals surface area contributed by atoms with Crippen LogP contribution in [0.5, 0.6) is 0 Å². The minimum absolute atomic E-state index is 0.0806. The molecule has 40 heavy (non-hydrogen) atoms. The summed E-state index contributed by atoms with van der Waals surface area (Å²) in [5.41, 5.74) is 7.23. The van der Waals surface area contributed by atoms with Crippen molar-refractivity contribution in [2.75, 3.05) is 36.2 Å². The number of para-hydroxylation sites is 1. The SMILES string of the molecule is CCc1cccc(CC)c1NC(=O)CN(C(=S)Nc1ccc(N(C)C)cc1)C(c1ccccc1)c1ccccc1. The lowest BCUT2D eigenvalue weighted by Crippen LogP contribution is -2.43. The predicted octanol–water partition coefficient (Wildman–Crippen LogP) is 7.30. The molecule has 4 aromatic carbocycles. The number of nitrogens with zero attached hydrogens (tertiary/aromatic N) is 2. The molecule has 206 valence electrons. The molecule has 0 aliphatic carbocycles. The van der Waals surface area contributed by atoms with E-state index in [9.17, 15) is 4.79 Å². The number of hydrogen-bond donors (Lipinski definition) is 2. The van der Waals surface area contributed by atoms with Crippen LogP contribution in [0.25, 0.3) is 0 Å². The zero-order valence-electron chi connectivity index (χ0n) is 23.7. The van der Waals surface area contributed by atoms with Crippen molar-refractivity contribution in [3.8, 4) is 0 Å². The highest BCUT2D eigenvalue weighted by Gasteiger charge is 2.27. The number of benzene rings is 4. The largest absolute Gasteiger partial charge is 0.378 e. The van der Waals surface area contributed by atoms with E-state index in [2.05, 4.69) is 71.8 Å². The lowest BCUT2D eigenvalue weighted by atomic mass is 9.97. The van der Waals surface area contributed by atoms with E-state index < -0.39 is 0 Å². The van der Waals surface area contributed by atoms with Crippen LogP contribution < -0.4 is 15.5 Å². The van der Waals surface area contributed by atoms with Gasteiger partial charge in [0.25, 0.3) is 0 Å². The number of carbonyl (C=O) groups is 1. The Balaban J connectivity index is 1.70. The van der Waals surface area contributed by atoms with Crippen LogP contribution in [0.4, 0.5) is 17.1 Å². The van der Waals surface area contributed by atoms with E-state index in [1.54, 1.807) is 0 Å². The third-order valence-corrected chi connectivity index (χ3v) is 7.35. The summed E-state index contributed by atoms with van der Waals surface area (Å²) >= 11 is 6.02. The number of rotatable bonds is 10. The third-order valence-electron chi connectivity index (χ3n) is 7.02. The van der Waals surface area contributed by atoms with E-state index >= 15 is 0 Å². The predicted molar refractivity (Wildman–Crippen MR) is 172 cm³/mol. The van der Waals surface area contributed by atoms with Crippen LogP contribution in [0.1, 0.15) is 42.1 Å². The van der Waals surface area contributed by atoms with Gasteiger partial charge in [-0.1, -0.05) is 92.7 Å². The second kappa shape index (κ2) is 13.8. The van der Waals surface area contributed by atoms with Crippen LogP contribution >= 0.6 is 12.2 Å². The maximum atomic E-state index is 13.8. The monoisotopic (exact) mass is 550 g/mol. The molecule has 0 aliphatic heterocycles. The molecule has 4 rings (SSSR count). The normalized spacial score (nSPS) is 10.7. The highest BCUT2D eigenvalue weighted by Crippen LogP contribution is 2.30. The highest BCUT2D eigenvalue weighted by atomic mass is 32.1. The number of anilines is 3. The average Bonchev–Trinajstić information content (AvgIpc) is 2.98. The first-order chi connectivity index (χ1) is 19.4. The van der Waals surface area contributed by atoms with Gasteiger partial charge >= 0.3 is 0 Å². The number of carbonyl (C=O) groups excluding carboxylic acids is 1. The Bertz CT molecular complexity index is 1340. The van der Waals surface area contributed by atoms with Gasteiger partial charge in [0, 0.05) is 31.2 Å². The van der Waals surface area contributed by atoms with Crippen molar-refractivity contribution in [2.24, 2.45) is 0 Å². The number of aryl methyl sites for hydroxylation is 2. The van der Waals surface area contributed by atoms with E-state index in [0.29, 0.717) is 5.11 Å².